The Morgan fingerprint density at radius 1 is 0.889 bits per heavy atom. The van der Waals surface area contributed by atoms with Crippen molar-refractivity contribution in [1.29, 1.82) is 0 Å². The maximum Gasteiger partial charge on any atom is 0.261 e. The molecule has 0 aromatic heterocycles. The van der Waals surface area contributed by atoms with Crippen LogP contribution in [0.25, 0.3) is 0 Å². The van der Waals surface area contributed by atoms with E-state index in [2.05, 4.69) is 4.72 Å². The number of hydrogen-bond donors (Lipinski definition) is 1. The van der Waals surface area contributed by atoms with Crippen LogP contribution < -0.4 is 4.72 Å². The predicted molar refractivity (Wildman–Crippen MR) is 63.6 cm³/mol. The minimum Gasteiger partial charge on any atom is -0.277 e. The molecule has 94 valence electrons. The maximum absolute atomic E-state index is 13.3. The largest absolute Gasteiger partial charge is 0.277 e. The molecule has 0 aliphatic rings. The van der Waals surface area contributed by atoms with E-state index in [9.17, 15) is 17.2 Å². The normalized spacial score (nSPS) is 11.2. The lowest BCUT2D eigenvalue weighted by atomic mass is 10.3. The molecule has 0 spiro atoms. The highest BCUT2D eigenvalue weighted by Gasteiger charge is 2.15. The summed E-state index contributed by atoms with van der Waals surface area (Å²) in [6.07, 6.45) is 0. The van der Waals surface area contributed by atoms with Crippen molar-refractivity contribution < 1.29 is 17.2 Å². The Labute approximate surface area is 103 Å². The number of anilines is 1. The van der Waals surface area contributed by atoms with Gasteiger partial charge >= 0.3 is 0 Å². The second-order valence-electron chi connectivity index (χ2n) is 3.54. The molecule has 18 heavy (non-hydrogen) atoms. The molecule has 0 aliphatic heterocycles. The molecular weight excluding hydrogens is 260 g/mol. The molecule has 3 nitrogen and oxygen atoms in total. The molecule has 2 aromatic rings. The van der Waals surface area contributed by atoms with Crippen LogP contribution in [0, 0.1) is 11.6 Å². The summed E-state index contributed by atoms with van der Waals surface area (Å²) < 4.78 is 51.8. The Morgan fingerprint density at radius 2 is 1.50 bits per heavy atom. The summed E-state index contributed by atoms with van der Waals surface area (Å²) in [5.41, 5.74) is -0.151. The Balaban J connectivity index is 2.33. The van der Waals surface area contributed by atoms with Crippen molar-refractivity contribution in [2.45, 2.75) is 4.90 Å². The van der Waals surface area contributed by atoms with E-state index in [-0.39, 0.29) is 10.6 Å². The van der Waals surface area contributed by atoms with E-state index in [0.717, 1.165) is 30.3 Å². The van der Waals surface area contributed by atoms with Gasteiger partial charge in [-0.1, -0.05) is 12.1 Å². The monoisotopic (exact) mass is 269 g/mol. The molecule has 0 bridgehead atoms. The Morgan fingerprint density at radius 3 is 2.11 bits per heavy atom. The molecule has 0 radical (unpaired) electrons. The van der Waals surface area contributed by atoms with Crippen LogP contribution in [0.4, 0.5) is 14.5 Å². The zero-order chi connectivity index (χ0) is 13.2. The highest BCUT2D eigenvalue weighted by Crippen LogP contribution is 2.18. The van der Waals surface area contributed by atoms with Gasteiger partial charge in [-0.25, -0.2) is 17.2 Å². The van der Waals surface area contributed by atoms with Crippen LogP contribution in [0.3, 0.4) is 0 Å². The number of rotatable bonds is 3. The lowest BCUT2D eigenvalue weighted by Crippen LogP contribution is -2.13. The summed E-state index contributed by atoms with van der Waals surface area (Å²) in [5.74, 6) is -1.22. The smallest absolute Gasteiger partial charge is 0.261 e. The Bertz CT molecular complexity index is 654. The summed E-state index contributed by atoms with van der Waals surface area (Å²) in [6.45, 7) is 0. The summed E-state index contributed by atoms with van der Waals surface area (Å²) in [7, 11) is -3.91. The van der Waals surface area contributed by atoms with Gasteiger partial charge in [0.25, 0.3) is 10.0 Å². The minimum absolute atomic E-state index is 0.132. The summed E-state index contributed by atoms with van der Waals surface area (Å²) in [4.78, 5) is -0.132. The molecule has 6 heteroatoms. The Kier molecular flexibility index (Phi) is 3.29. The quantitative estimate of drug-likeness (QED) is 0.931. The number of halogens is 2. The topological polar surface area (TPSA) is 46.2 Å². The van der Waals surface area contributed by atoms with Gasteiger partial charge in [-0.3, -0.25) is 4.72 Å². The number of sulfonamides is 1. The molecule has 0 aliphatic carbocycles. The number of para-hydroxylation sites is 1. The minimum atomic E-state index is -3.91. The second kappa shape index (κ2) is 4.73. The average Bonchev–Trinajstić information content (AvgIpc) is 2.32. The van der Waals surface area contributed by atoms with Crippen LogP contribution in [-0.4, -0.2) is 8.42 Å². The van der Waals surface area contributed by atoms with Crippen LogP contribution in [0.2, 0.25) is 0 Å². The van der Waals surface area contributed by atoms with Gasteiger partial charge in [0.2, 0.25) is 0 Å². The van der Waals surface area contributed by atoms with Gasteiger partial charge in [-0.2, -0.15) is 0 Å². The van der Waals surface area contributed by atoms with Crippen molar-refractivity contribution in [3.05, 3.63) is 60.2 Å². The molecule has 0 saturated heterocycles. The first-order valence-electron chi connectivity index (χ1n) is 5.02. The van der Waals surface area contributed by atoms with E-state index in [1.165, 1.54) is 18.2 Å². The summed E-state index contributed by atoms with van der Waals surface area (Å²) in [5, 5.41) is 0. The zero-order valence-corrected chi connectivity index (χ0v) is 9.92. The lowest BCUT2D eigenvalue weighted by Gasteiger charge is -2.08. The van der Waals surface area contributed by atoms with Gasteiger partial charge in [-0.15, -0.1) is 0 Å². The molecule has 0 amide bonds. The highest BCUT2D eigenvalue weighted by atomic mass is 32.2. The first kappa shape index (κ1) is 12.5. The third-order valence-corrected chi connectivity index (χ3v) is 3.62. The van der Waals surface area contributed by atoms with Crippen molar-refractivity contribution in [2.24, 2.45) is 0 Å². The second-order valence-corrected chi connectivity index (χ2v) is 5.22. The van der Waals surface area contributed by atoms with E-state index in [1.807, 2.05) is 0 Å². The molecule has 2 rings (SSSR count). The molecule has 0 fully saturated rings. The molecule has 0 saturated carbocycles. The van der Waals surface area contributed by atoms with E-state index >= 15 is 0 Å². The van der Waals surface area contributed by atoms with E-state index in [4.69, 9.17) is 0 Å². The lowest BCUT2D eigenvalue weighted by molar-refractivity contribution is 0.597. The van der Waals surface area contributed by atoms with Crippen molar-refractivity contribution in [2.75, 3.05) is 4.72 Å². The van der Waals surface area contributed by atoms with Crippen LogP contribution in [0.15, 0.2) is 53.4 Å². The van der Waals surface area contributed by atoms with Gasteiger partial charge in [0.05, 0.1) is 10.6 Å². The van der Waals surface area contributed by atoms with Crippen LogP contribution in [0.1, 0.15) is 0 Å². The van der Waals surface area contributed by atoms with Crippen LogP contribution in [-0.2, 0) is 10.0 Å². The van der Waals surface area contributed by atoms with Gasteiger partial charge in [-0.05, 0) is 36.4 Å². The SMILES string of the molecule is O=S(=O)(Nc1ccccc1F)c1ccc(F)cc1. The van der Waals surface area contributed by atoms with Crippen molar-refractivity contribution in [3.63, 3.8) is 0 Å². The van der Waals surface area contributed by atoms with Gasteiger partial charge < -0.3 is 0 Å². The predicted octanol–water partition coefficient (Wildman–Crippen LogP) is 2.77. The van der Waals surface area contributed by atoms with Crippen molar-refractivity contribution in [3.8, 4) is 0 Å². The number of hydrogen-bond acceptors (Lipinski definition) is 2. The van der Waals surface area contributed by atoms with E-state index < -0.39 is 21.7 Å². The average molecular weight is 269 g/mol. The van der Waals surface area contributed by atoms with Gasteiger partial charge in [0, 0.05) is 0 Å². The third kappa shape index (κ3) is 2.65. The fourth-order valence-corrected chi connectivity index (χ4v) is 2.43. The van der Waals surface area contributed by atoms with Crippen LogP contribution >= 0.6 is 0 Å². The molecular formula is C12H9F2NO2S. The number of nitrogens with one attached hydrogen (secondary N) is 1. The van der Waals surface area contributed by atoms with Gasteiger partial charge in [0.15, 0.2) is 0 Å². The molecule has 2 aromatic carbocycles. The molecule has 0 heterocycles. The highest BCUT2D eigenvalue weighted by molar-refractivity contribution is 7.92. The summed E-state index contributed by atoms with van der Waals surface area (Å²) in [6, 6.07) is 9.67. The fraction of sp³-hybridized carbons (Fsp3) is 0. The van der Waals surface area contributed by atoms with Crippen LogP contribution in [0.5, 0.6) is 0 Å². The van der Waals surface area contributed by atoms with Crippen molar-refractivity contribution >= 4 is 15.7 Å². The molecule has 0 atom stereocenters. The zero-order valence-electron chi connectivity index (χ0n) is 9.10. The molecule has 0 unspecified atom stereocenters. The standard InChI is InChI=1S/C12H9F2NO2S/c13-9-5-7-10(8-6-9)18(16,17)15-12-4-2-1-3-11(12)14/h1-8,15H. The van der Waals surface area contributed by atoms with E-state index in [0.29, 0.717) is 0 Å². The van der Waals surface area contributed by atoms with E-state index in [1.54, 1.807) is 0 Å². The van der Waals surface area contributed by atoms with Gasteiger partial charge in [0.1, 0.15) is 11.6 Å². The third-order valence-electron chi connectivity index (χ3n) is 2.24. The first-order chi connectivity index (χ1) is 8.49. The maximum atomic E-state index is 13.3. The fourth-order valence-electron chi connectivity index (χ4n) is 1.36. The molecule has 1 N–H and O–H groups in total. The Hall–Kier alpha value is -1.95. The number of benzene rings is 2. The first-order valence-corrected chi connectivity index (χ1v) is 6.50. The summed E-state index contributed by atoms with van der Waals surface area (Å²) >= 11 is 0. The van der Waals surface area contributed by atoms with Crippen molar-refractivity contribution in [1.82, 2.24) is 0 Å².